The molecular formula is C11H19N3O4. The topological polar surface area (TPSA) is 98.7 Å². The number of rotatable bonds is 6. The minimum absolute atomic E-state index is 0.0386. The van der Waals surface area contributed by atoms with Gasteiger partial charge in [0.25, 0.3) is 0 Å². The summed E-state index contributed by atoms with van der Waals surface area (Å²) in [6, 6.07) is -1.37. The first-order valence-corrected chi connectivity index (χ1v) is 5.89. The van der Waals surface area contributed by atoms with E-state index >= 15 is 0 Å². The quantitative estimate of drug-likeness (QED) is 0.604. The summed E-state index contributed by atoms with van der Waals surface area (Å²) in [6.07, 6.45) is 1.86. The van der Waals surface area contributed by atoms with Crippen LogP contribution in [-0.4, -0.2) is 54.6 Å². The average Bonchev–Trinajstić information content (AvgIpc) is 3.08. The van der Waals surface area contributed by atoms with E-state index in [1.807, 2.05) is 0 Å². The molecule has 1 rings (SSSR count). The molecule has 1 aliphatic rings. The van der Waals surface area contributed by atoms with Crippen molar-refractivity contribution in [2.24, 2.45) is 5.92 Å². The summed E-state index contributed by atoms with van der Waals surface area (Å²) in [6.45, 7) is 0.194. The smallest absolute Gasteiger partial charge is 0.326 e. The molecule has 0 aromatic heterocycles. The summed E-state index contributed by atoms with van der Waals surface area (Å²) in [5.74, 6) is -1.07. The number of nitrogens with zero attached hydrogens (tertiary/aromatic N) is 1. The van der Waals surface area contributed by atoms with Crippen LogP contribution in [0.5, 0.6) is 0 Å². The molecule has 1 fully saturated rings. The molecule has 7 heteroatoms. The second-order valence-corrected chi connectivity index (χ2v) is 4.59. The Kier molecular flexibility index (Phi) is 4.94. The van der Waals surface area contributed by atoms with Crippen LogP contribution in [0, 0.1) is 5.92 Å². The molecule has 0 aliphatic heterocycles. The highest BCUT2D eigenvalue weighted by molar-refractivity contribution is 5.83. The summed E-state index contributed by atoms with van der Waals surface area (Å²) >= 11 is 0. The Morgan fingerprint density at radius 2 is 1.94 bits per heavy atom. The van der Waals surface area contributed by atoms with Gasteiger partial charge in [-0.1, -0.05) is 0 Å². The van der Waals surface area contributed by atoms with Gasteiger partial charge in [-0.25, -0.2) is 9.59 Å². The van der Waals surface area contributed by atoms with Gasteiger partial charge in [-0.2, -0.15) is 0 Å². The molecule has 102 valence electrons. The fourth-order valence-electron chi connectivity index (χ4n) is 1.51. The minimum atomic E-state index is -1.02. The van der Waals surface area contributed by atoms with Gasteiger partial charge in [-0.3, -0.25) is 4.79 Å². The van der Waals surface area contributed by atoms with E-state index < -0.39 is 18.0 Å². The van der Waals surface area contributed by atoms with Crippen LogP contribution in [0.4, 0.5) is 4.79 Å². The zero-order valence-corrected chi connectivity index (χ0v) is 10.6. The molecule has 1 atom stereocenters. The lowest BCUT2D eigenvalue weighted by Gasteiger charge is -2.15. The van der Waals surface area contributed by atoms with E-state index in [1.54, 1.807) is 14.1 Å². The van der Waals surface area contributed by atoms with E-state index in [-0.39, 0.29) is 24.8 Å². The summed E-state index contributed by atoms with van der Waals surface area (Å²) < 4.78 is 0. The third-order valence-corrected chi connectivity index (χ3v) is 2.77. The van der Waals surface area contributed by atoms with Crippen molar-refractivity contribution in [2.75, 3.05) is 20.6 Å². The second kappa shape index (κ2) is 6.23. The first-order valence-electron chi connectivity index (χ1n) is 5.89. The minimum Gasteiger partial charge on any atom is -0.480 e. The zero-order chi connectivity index (χ0) is 13.7. The van der Waals surface area contributed by atoms with Gasteiger partial charge in [0.2, 0.25) is 5.91 Å². The molecule has 0 radical (unpaired) electrons. The molecule has 18 heavy (non-hydrogen) atoms. The van der Waals surface area contributed by atoms with Crippen LogP contribution in [0.15, 0.2) is 0 Å². The van der Waals surface area contributed by atoms with Crippen molar-refractivity contribution in [3.63, 3.8) is 0 Å². The number of carboxylic acids is 1. The average molecular weight is 257 g/mol. The summed E-state index contributed by atoms with van der Waals surface area (Å²) in [7, 11) is 3.27. The Hall–Kier alpha value is -1.79. The zero-order valence-electron chi connectivity index (χ0n) is 10.6. The molecule has 0 saturated heterocycles. The van der Waals surface area contributed by atoms with E-state index in [0.717, 1.165) is 12.8 Å². The number of amides is 3. The van der Waals surface area contributed by atoms with Crippen LogP contribution >= 0.6 is 0 Å². The molecule has 1 saturated carbocycles. The normalized spacial score (nSPS) is 15.7. The van der Waals surface area contributed by atoms with Crippen molar-refractivity contribution in [1.29, 1.82) is 0 Å². The van der Waals surface area contributed by atoms with Gasteiger partial charge >= 0.3 is 12.0 Å². The third kappa shape index (κ3) is 4.60. The highest BCUT2D eigenvalue weighted by atomic mass is 16.4. The molecule has 0 spiro atoms. The van der Waals surface area contributed by atoms with Crippen LogP contribution in [-0.2, 0) is 9.59 Å². The number of hydrogen-bond donors (Lipinski definition) is 3. The predicted octanol–water partition coefficient (Wildman–Crippen LogP) is -0.373. The Labute approximate surface area is 106 Å². The van der Waals surface area contributed by atoms with Crippen molar-refractivity contribution < 1.29 is 19.5 Å². The monoisotopic (exact) mass is 257 g/mol. The first-order chi connectivity index (χ1) is 8.41. The molecule has 3 N–H and O–H groups in total. The largest absolute Gasteiger partial charge is 0.480 e. The fourth-order valence-corrected chi connectivity index (χ4v) is 1.51. The van der Waals surface area contributed by atoms with Crippen LogP contribution < -0.4 is 10.6 Å². The van der Waals surface area contributed by atoms with E-state index in [0.29, 0.717) is 0 Å². The van der Waals surface area contributed by atoms with Crippen molar-refractivity contribution in [3.05, 3.63) is 0 Å². The third-order valence-electron chi connectivity index (χ3n) is 2.77. The molecule has 0 aromatic rings. The molecular weight excluding hydrogens is 238 g/mol. The maximum absolute atomic E-state index is 11.4. The number of carbonyl (C=O) groups excluding carboxylic acids is 2. The molecule has 1 unspecified atom stereocenters. The van der Waals surface area contributed by atoms with Crippen LogP contribution in [0.2, 0.25) is 0 Å². The maximum atomic E-state index is 11.4. The molecule has 0 bridgehead atoms. The Morgan fingerprint density at radius 3 is 2.39 bits per heavy atom. The van der Waals surface area contributed by atoms with Crippen molar-refractivity contribution >= 4 is 17.9 Å². The number of hydrogen-bond acceptors (Lipinski definition) is 3. The maximum Gasteiger partial charge on any atom is 0.326 e. The van der Waals surface area contributed by atoms with Crippen molar-refractivity contribution in [2.45, 2.75) is 25.3 Å². The fraction of sp³-hybridized carbons (Fsp3) is 0.727. The number of carboxylic acid groups (broad SMARTS) is 1. The molecule has 7 nitrogen and oxygen atoms in total. The van der Waals surface area contributed by atoms with Crippen LogP contribution in [0.25, 0.3) is 0 Å². The van der Waals surface area contributed by atoms with E-state index in [2.05, 4.69) is 10.6 Å². The van der Waals surface area contributed by atoms with Gasteiger partial charge in [-0.05, 0) is 18.8 Å². The second-order valence-electron chi connectivity index (χ2n) is 4.59. The summed E-state index contributed by atoms with van der Waals surface area (Å²) in [4.78, 5) is 35.0. The molecule has 0 aromatic carbocycles. The lowest BCUT2D eigenvalue weighted by molar-refractivity contribution is -0.139. The Balaban J connectivity index is 2.24. The molecule has 0 heterocycles. The summed E-state index contributed by atoms with van der Waals surface area (Å²) in [5.41, 5.74) is 0. The molecule has 1 aliphatic carbocycles. The summed E-state index contributed by atoms with van der Waals surface area (Å²) in [5, 5.41) is 13.8. The van der Waals surface area contributed by atoms with Gasteiger partial charge in [-0.15, -0.1) is 0 Å². The van der Waals surface area contributed by atoms with E-state index in [1.165, 1.54) is 4.90 Å². The predicted molar refractivity (Wildman–Crippen MR) is 64.0 cm³/mol. The van der Waals surface area contributed by atoms with Gasteiger partial charge in [0, 0.05) is 27.1 Å². The lowest BCUT2D eigenvalue weighted by atomic mass is 10.2. The van der Waals surface area contributed by atoms with Gasteiger partial charge < -0.3 is 20.6 Å². The number of carbonyl (C=O) groups is 3. The van der Waals surface area contributed by atoms with Gasteiger partial charge in [0.15, 0.2) is 0 Å². The Bertz CT molecular complexity index is 339. The number of aliphatic carboxylic acids is 1. The molecule has 3 amide bonds. The SMILES string of the molecule is CN(C)C(=O)CCNC(=O)NC(C(=O)O)C1CC1. The highest BCUT2D eigenvalue weighted by Gasteiger charge is 2.37. The lowest BCUT2D eigenvalue weighted by Crippen LogP contribution is -2.47. The van der Waals surface area contributed by atoms with E-state index in [9.17, 15) is 14.4 Å². The van der Waals surface area contributed by atoms with Gasteiger partial charge in [0.1, 0.15) is 6.04 Å². The van der Waals surface area contributed by atoms with Crippen LogP contribution in [0.1, 0.15) is 19.3 Å². The number of urea groups is 1. The standard InChI is InChI=1S/C11H19N3O4/c1-14(2)8(15)5-6-12-11(18)13-9(10(16)17)7-3-4-7/h7,9H,3-6H2,1-2H3,(H,16,17)(H2,12,13,18). The van der Waals surface area contributed by atoms with Crippen molar-refractivity contribution in [3.8, 4) is 0 Å². The van der Waals surface area contributed by atoms with Gasteiger partial charge in [0.05, 0.1) is 0 Å². The van der Waals surface area contributed by atoms with E-state index in [4.69, 9.17) is 5.11 Å². The van der Waals surface area contributed by atoms with Crippen molar-refractivity contribution in [1.82, 2.24) is 15.5 Å². The van der Waals surface area contributed by atoms with Crippen LogP contribution in [0.3, 0.4) is 0 Å². The Morgan fingerprint density at radius 1 is 1.33 bits per heavy atom. The number of nitrogens with one attached hydrogen (secondary N) is 2. The highest BCUT2D eigenvalue weighted by Crippen LogP contribution is 2.32. The first kappa shape index (κ1) is 14.3.